The number of carbonyl (C=O) groups is 2. The van der Waals surface area contributed by atoms with Crippen LogP contribution in [0.4, 0.5) is 4.39 Å². The fourth-order valence-electron chi connectivity index (χ4n) is 6.67. The highest BCUT2D eigenvalue weighted by atomic mass is 19.1. The molecule has 0 aromatic rings. The molecule has 150 valence electrons. The van der Waals surface area contributed by atoms with Crippen molar-refractivity contribution in [2.75, 3.05) is 6.56 Å². The zero-order chi connectivity index (χ0) is 24.3. The van der Waals surface area contributed by atoms with E-state index in [1.165, 1.54) is 13.8 Å². The summed E-state index contributed by atoms with van der Waals surface area (Å²) in [6.07, 6.45) is -4.90. The molecular formula is C21H29FO5. The van der Waals surface area contributed by atoms with Gasteiger partial charge in [0.15, 0.2) is 11.6 Å². The van der Waals surface area contributed by atoms with Crippen molar-refractivity contribution in [2.45, 2.75) is 76.1 Å². The molecule has 0 bridgehead atoms. The van der Waals surface area contributed by atoms with E-state index in [9.17, 15) is 24.9 Å². The van der Waals surface area contributed by atoms with E-state index in [2.05, 4.69) is 0 Å². The summed E-state index contributed by atoms with van der Waals surface area (Å²) < 4.78 is 56.4. The fraction of sp³-hybridized carbons (Fsp3) is 0.810. The molecule has 6 heteroatoms. The molecule has 4 aliphatic carbocycles. The summed E-state index contributed by atoms with van der Waals surface area (Å²) in [5.74, 6) is -3.96. The molecule has 0 aliphatic heterocycles. The van der Waals surface area contributed by atoms with Gasteiger partial charge >= 0.3 is 0 Å². The maximum Gasteiger partial charge on any atom is 0.190 e. The maximum absolute atomic E-state index is 17.1. The molecule has 0 heterocycles. The molecule has 0 radical (unpaired) electrons. The topological polar surface area (TPSA) is 94.8 Å². The molecule has 3 saturated carbocycles. The van der Waals surface area contributed by atoms with Crippen LogP contribution in [0.3, 0.4) is 0 Å². The van der Waals surface area contributed by atoms with Gasteiger partial charge in [-0.25, -0.2) is 4.39 Å². The fourth-order valence-corrected chi connectivity index (χ4v) is 6.67. The number of hydrogen-bond acceptors (Lipinski definition) is 5. The molecular weight excluding hydrogens is 351 g/mol. The second-order valence-corrected chi connectivity index (χ2v) is 9.12. The highest BCUT2D eigenvalue weighted by Gasteiger charge is 2.74. The van der Waals surface area contributed by atoms with Crippen LogP contribution in [0.2, 0.25) is 0 Å². The average molecular weight is 385 g/mol. The normalized spacial score (nSPS) is 57.3. The number of alkyl halides is 1. The molecule has 0 spiro atoms. The van der Waals surface area contributed by atoms with Crippen LogP contribution < -0.4 is 0 Å². The Morgan fingerprint density at radius 2 is 2.11 bits per heavy atom. The molecule has 0 aromatic heterocycles. The van der Waals surface area contributed by atoms with Gasteiger partial charge in [-0.1, -0.05) is 19.4 Å². The molecule has 3 N–H and O–H groups in total. The SMILES string of the molecule is [2H]C1=C2CC[C@H]3C4CCC(O)(C(=O)C([2H])([2H])O)[C@@]4(C)C[C@H](O)C3(F)[C@@]2(C)CC([2H])([2H])C1=O. The number of carbonyl (C=O) groups excluding carboxylic acids is 2. The summed E-state index contributed by atoms with van der Waals surface area (Å²) >= 11 is 0. The molecule has 5 nitrogen and oxygen atoms in total. The first kappa shape index (κ1) is 14.0. The van der Waals surface area contributed by atoms with Crippen molar-refractivity contribution in [3.63, 3.8) is 0 Å². The molecule has 0 saturated heterocycles. The van der Waals surface area contributed by atoms with E-state index < -0.39 is 83.4 Å². The number of allylic oxidation sites excluding steroid dienone is 1. The number of halogens is 1. The predicted octanol–water partition coefficient (Wildman–Crippen LogP) is 1.87. The van der Waals surface area contributed by atoms with Crippen molar-refractivity contribution in [3.8, 4) is 0 Å². The quantitative estimate of drug-likeness (QED) is 0.675. The minimum Gasteiger partial charge on any atom is -0.390 e. The lowest BCUT2D eigenvalue weighted by Crippen LogP contribution is -2.69. The largest absolute Gasteiger partial charge is 0.390 e. The van der Waals surface area contributed by atoms with Gasteiger partial charge in [-0.15, -0.1) is 0 Å². The zero-order valence-corrected chi connectivity index (χ0v) is 15.5. The molecule has 4 rings (SSSR count). The molecule has 3 fully saturated rings. The Morgan fingerprint density at radius 3 is 2.78 bits per heavy atom. The van der Waals surface area contributed by atoms with Gasteiger partial charge in [0.1, 0.15) is 17.8 Å². The third kappa shape index (κ3) is 2.10. The summed E-state index contributed by atoms with van der Waals surface area (Å²) in [4.78, 5) is 25.0. The van der Waals surface area contributed by atoms with Gasteiger partial charge in [0.2, 0.25) is 0 Å². The summed E-state index contributed by atoms with van der Waals surface area (Å²) in [6.45, 7) is -0.349. The Bertz CT molecular complexity index is 934. The molecule has 0 aromatic carbocycles. The summed E-state index contributed by atoms with van der Waals surface area (Å²) in [6, 6.07) is -0.550. The van der Waals surface area contributed by atoms with Crippen LogP contribution in [0.1, 0.15) is 65.6 Å². The number of hydrogen-bond donors (Lipinski definition) is 3. The predicted molar refractivity (Wildman–Crippen MR) is 95.5 cm³/mol. The Kier molecular flexibility index (Phi) is 2.95. The van der Waals surface area contributed by atoms with Gasteiger partial charge in [-0.2, -0.15) is 0 Å². The van der Waals surface area contributed by atoms with E-state index in [-0.39, 0.29) is 31.3 Å². The summed E-state index contributed by atoms with van der Waals surface area (Å²) in [7, 11) is 0. The van der Waals surface area contributed by atoms with Crippen LogP contribution >= 0.6 is 0 Å². The van der Waals surface area contributed by atoms with Gasteiger partial charge in [0.25, 0.3) is 0 Å². The molecule has 3 unspecified atom stereocenters. The van der Waals surface area contributed by atoms with Gasteiger partial charge in [-0.3, -0.25) is 9.59 Å². The Labute approximate surface area is 165 Å². The molecule has 27 heavy (non-hydrogen) atoms. The Balaban J connectivity index is 1.84. The van der Waals surface area contributed by atoms with Gasteiger partial charge in [-0.05, 0) is 50.5 Å². The zero-order valence-electron chi connectivity index (χ0n) is 20.5. The van der Waals surface area contributed by atoms with Crippen molar-refractivity contribution < 1.29 is 36.2 Å². The monoisotopic (exact) mass is 385 g/mol. The van der Waals surface area contributed by atoms with Crippen LogP contribution in [0.5, 0.6) is 0 Å². The molecule has 7 atom stereocenters. The van der Waals surface area contributed by atoms with Gasteiger partial charge < -0.3 is 15.3 Å². The number of aliphatic hydroxyl groups excluding tert-OH is 1. The van der Waals surface area contributed by atoms with Crippen LogP contribution in [0.15, 0.2) is 11.6 Å². The number of ketones is 2. The second-order valence-electron chi connectivity index (χ2n) is 9.12. The average Bonchev–Trinajstić information content (AvgIpc) is 2.91. The van der Waals surface area contributed by atoms with Crippen LogP contribution in [-0.4, -0.2) is 50.8 Å². The minimum atomic E-state index is -3.30. The maximum atomic E-state index is 17.1. The van der Waals surface area contributed by atoms with Crippen molar-refractivity contribution in [1.82, 2.24) is 0 Å². The van der Waals surface area contributed by atoms with E-state index in [1.54, 1.807) is 0 Å². The number of rotatable bonds is 2. The number of fused-ring (bicyclic) bond motifs is 5. The highest BCUT2D eigenvalue weighted by molar-refractivity contribution is 5.92. The van der Waals surface area contributed by atoms with Crippen LogP contribution in [0.25, 0.3) is 0 Å². The Hall–Kier alpha value is -1.11. The van der Waals surface area contributed by atoms with Crippen molar-refractivity contribution in [1.29, 1.82) is 0 Å². The number of Topliss-reactive ketones (excluding diaryl/α,β-unsaturated/α-hetero) is 1. The third-order valence-corrected chi connectivity index (χ3v) is 8.27. The molecule has 4 aliphatic rings. The third-order valence-electron chi connectivity index (χ3n) is 8.27. The van der Waals surface area contributed by atoms with E-state index in [1.807, 2.05) is 0 Å². The van der Waals surface area contributed by atoms with Crippen LogP contribution in [-0.2, 0) is 9.59 Å². The van der Waals surface area contributed by atoms with Crippen LogP contribution in [0, 0.1) is 22.7 Å². The van der Waals surface area contributed by atoms with Crippen molar-refractivity contribution >= 4 is 11.6 Å². The van der Waals surface area contributed by atoms with Crippen molar-refractivity contribution in [3.05, 3.63) is 11.6 Å². The highest BCUT2D eigenvalue weighted by Crippen LogP contribution is 2.70. The van der Waals surface area contributed by atoms with Crippen molar-refractivity contribution in [2.24, 2.45) is 22.7 Å². The first-order valence-electron chi connectivity index (χ1n) is 12.0. The van der Waals surface area contributed by atoms with E-state index in [4.69, 9.17) is 6.85 Å². The standard InChI is InChI=1S/C21H29FO5/c1-18-7-5-13(24)9-12(18)3-4-15-14-6-8-20(27,17(26)11-23)19(14,2)10-16(25)21(15,18)22/h9,14-16,23,25,27H,3-8,10-11H2,1-2H3/t14?,15-,16-,18-,19-,20?,21?/m0/s1/i5D2,9D,11D2. The van der Waals surface area contributed by atoms with E-state index in [0.717, 1.165) is 0 Å². The van der Waals surface area contributed by atoms with Gasteiger partial charge in [0.05, 0.1) is 10.2 Å². The van der Waals surface area contributed by atoms with E-state index >= 15 is 4.39 Å². The smallest absolute Gasteiger partial charge is 0.190 e. The minimum absolute atomic E-state index is 0.133. The lowest BCUT2D eigenvalue weighted by atomic mass is 9.44. The lowest BCUT2D eigenvalue weighted by molar-refractivity contribution is -0.226. The second kappa shape index (κ2) is 5.71. The lowest BCUT2D eigenvalue weighted by Gasteiger charge is -2.63. The van der Waals surface area contributed by atoms with Gasteiger partial charge in [0, 0.05) is 25.9 Å². The summed E-state index contributed by atoms with van der Waals surface area (Å²) in [5.41, 5.74) is -7.55. The number of aliphatic hydroxyl groups is 3. The van der Waals surface area contributed by atoms with E-state index in [0.29, 0.717) is 0 Å². The first-order valence-corrected chi connectivity index (χ1v) is 9.49. The Morgan fingerprint density at radius 1 is 1.41 bits per heavy atom. The molecule has 0 amide bonds. The summed E-state index contributed by atoms with van der Waals surface area (Å²) in [5, 5.41) is 32.1. The first-order chi connectivity index (χ1) is 14.4.